The lowest BCUT2D eigenvalue weighted by Gasteiger charge is -2.17. The van der Waals surface area contributed by atoms with Crippen molar-refractivity contribution in [1.29, 1.82) is 0 Å². The van der Waals surface area contributed by atoms with Crippen LogP contribution in [-0.4, -0.2) is 0 Å². The summed E-state index contributed by atoms with van der Waals surface area (Å²) in [7, 11) is 0. The lowest BCUT2D eigenvalue weighted by molar-refractivity contribution is 0.175. The smallest absolute Gasteiger partial charge is 0.122 e. The molecule has 2 N–H and O–H groups in total. The van der Waals surface area contributed by atoms with Gasteiger partial charge in [0.25, 0.3) is 0 Å². The minimum absolute atomic E-state index is 0.531. The van der Waals surface area contributed by atoms with Crippen molar-refractivity contribution in [3.05, 3.63) is 11.8 Å². The van der Waals surface area contributed by atoms with Crippen LogP contribution in [0.2, 0.25) is 0 Å². The molecule has 1 atom stereocenters. The number of hydrogen-bond donors (Lipinski definition) is 1. The van der Waals surface area contributed by atoms with Crippen molar-refractivity contribution >= 4 is 0 Å². The first-order valence-electron chi connectivity index (χ1n) is 3.41. The van der Waals surface area contributed by atoms with Crippen molar-refractivity contribution in [2.75, 3.05) is 0 Å². The molecule has 0 radical (unpaired) electrons. The lowest BCUT2D eigenvalue weighted by Crippen LogP contribution is -2.10. The van der Waals surface area contributed by atoms with Crippen LogP contribution in [0.25, 0.3) is 0 Å². The van der Waals surface area contributed by atoms with Crippen LogP contribution in [0.4, 0.5) is 0 Å². The van der Waals surface area contributed by atoms with Crippen LogP contribution in [0, 0.1) is 5.92 Å². The van der Waals surface area contributed by atoms with Crippen molar-refractivity contribution < 1.29 is 4.84 Å². The number of hydrogen-bond acceptors (Lipinski definition) is 2. The molecule has 1 unspecified atom stereocenters. The van der Waals surface area contributed by atoms with E-state index in [0.717, 1.165) is 12.2 Å². The molecule has 0 aromatic rings. The van der Waals surface area contributed by atoms with Crippen LogP contribution in [0.5, 0.6) is 0 Å². The molecule has 1 aliphatic carbocycles. The first-order chi connectivity index (χ1) is 4.34. The lowest BCUT2D eigenvalue weighted by atomic mass is 9.96. The zero-order valence-electron chi connectivity index (χ0n) is 5.76. The minimum Gasteiger partial charge on any atom is -0.416 e. The van der Waals surface area contributed by atoms with Gasteiger partial charge in [-0.2, -0.15) is 5.90 Å². The normalized spacial score (nSPS) is 27.3. The second-order valence-corrected chi connectivity index (χ2v) is 2.56. The molecule has 0 aliphatic heterocycles. The molecule has 0 bridgehead atoms. The largest absolute Gasteiger partial charge is 0.416 e. The van der Waals surface area contributed by atoms with Crippen molar-refractivity contribution in [3.8, 4) is 0 Å². The van der Waals surface area contributed by atoms with E-state index in [1.807, 2.05) is 0 Å². The maximum absolute atomic E-state index is 5.03. The fraction of sp³-hybridized carbons (Fsp3) is 0.714. The van der Waals surface area contributed by atoms with Crippen LogP contribution in [0.15, 0.2) is 11.8 Å². The van der Waals surface area contributed by atoms with Crippen LogP contribution < -0.4 is 5.90 Å². The fourth-order valence-electron chi connectivity index (χ4n) is 1.18. The molecule has 0 aromatic heterocycles. The highest BCUT2D eigenvalue weighted by atomic mass is 16.6. The number of rotatable bonds is 1. The first kappa shape index (κ1) is 6.62. The van der Waals surface area contributed by atoms with Crippen molar-refractivity contribution in [2.45, 2.75) is 26.2 Å². The molecule has 0 fully saturated rings. The molecule has 0 saturated heterocycles. The van der Waals surface area contributed by atoms with E-state index in [1.54, 1.807) is 0 Å². The van der Waals surface area contributed by atoms with Crippen LogP contribution in [-0.2, 0) is 4.84 Å². The highest BCUT2D eigenvalue weighted by Crippen LogP contribution is 2.23. The average Bonchev–Trinajstić information content (AvgIpc) is 1.89. The van der Waals surface area contributed by atoms with Gasteiger partial charge in [0.1, 0.15) is 5.76 Å². The summed E-state index contributed by atoms with van der Waals surface area (Å²) in [5, 5.41) is 0. The Labute approximate surface area is 55.6 Å². The van der Waals surface area contributed by atoms with Crippen LogP contribution >= 0.6 is 0 Å². The highest BCUT2D eigenvalue weighted by Gasteiger charge is 2.12. The van der Waals surface area contributed by atoms with E-state index in [2.05, 4.69) is 17.8 Å². The van der Waals surface area contributed by atoms with E-state index in [1.165, 1.54) is 12.8 Å². The summed E-state index contributed by atoms with van der Waals surface area (Å²) >= 11 is 0. The third-order valence-corrected chi connectivity index (χ3v) is 1.81. The summed E-state index contributed by atoms with van der Waals surface area (Å²) < 4.78 is 0. The van der Waals surface area contributed by atoms with Gasteiger partial charge in [0.2, 0.25) is 0 Å². The Morgan fingerprint density at radius 2 is 2.56 bits per heavy atom. The quantitative estimate of drug-likeness (QED) is 0.543. The SMILES string of the molecule is CC1CCCC=C1ON. The Morgan fingerprint density at radius 1 is 1.78 bits per heavy atom. The van der Waals surface area contributed by atoms with Gasteiger partial charge in [-0.25, -0.2) is 0 Å². The zero-order valence-corrected chi connectivity index (χ0v) is 5.76. The third-order valence-electron chi connectivity index (χ3n) is 1.81. The molecule has 0 heterocycles. The van der Waals surface area contributed by atoms with E-state index in [0.29, 0.717) is 5.92 Å². The summed E-state index contributed by atoms with van der Waals surface area (Å²) in [5.41, 5.74) is 0. The zero-order chi connectivity index (χ0) is 6.69. The Hall–Kier alpha value is -0.500. The van der Waals surface area contributed by atoms with E-state index < -0.39 is 0 Å². The fourth-order valence-corrected chi connectivity index (χ4v) is 1.18. The molecular weight excluding hydrogens is 114 g/mol. The molecule has 2 nitrogen and oxygen atoms in total. The van der Waals surface area contributed by atoms with Crippen molar-refractivity contribution in [1.82, 2.24) is 0 Å². The van der Waals surface area contributed by atoms with Gasteiger partial charge in [0, 0.05) is 5.92 Å². The summed E-state index contributed by atoms with van der Waals surface area (Å²) in [6.07, 6.45) is 5.68. The maximum atomic E-state index is 5.03. The summed E-state index contributed by atoms with van der Waals surface area (Å²) in [6, 6.07) is 0. The van der Waals surface area contributed by atoms with E-state index in [4.69, 9.17) is 5.90 Å². The summed E-state index contributed by atoms with van der Waals surface area (Å²) in [4.78, 5) is 4.66. The van der Waals surface area contributed by atoms with Gasteiger partial charge in [0.05, 0.1) is 0 Å². The highest BCUT2D eigenvalue weighted by molar-refractivity contribution is 5.00. The third kappa shape index (κ3) is 1.45. The Balaban J connectivity index is 2.53. The summed E-state index contributed by atoms with van der Waals surface area (Å²) in [5.74, 6) is 6.52. The number of nitrogens with two attached hydrogens (primary N) is 1. The Morgan fingerprint density at radius 3 is 3.00 bits per heavy atom. The average molecular weight is 127 g/mol. The molecule has 1 aliphatic rings. The standard InChI is InChI=1S/C7H13NO/c1-6-4-2-3-5-7(6)9-8/h5-6H,2-4,8H2,1H3. The van der Waals surface area contributed by atoms with E-state index >= 15 is 0 Å². The molecule has 0 spiro atoms. The monoisotopic (exact) mass is 127 g/mol. The Bertz CT molecular complexity index is 120. The van der Waals surface area contributed by atoms with Crippen molar-refractivity contribution in [2.24, 2.45) is 11.8 Å². The second kappa shape index (κ2) is 2.87. The van der Waals surface area contributed by atoms with E-state index in [-0.39, 0.29) is 0 Å². The molecular formula is C7H13NO. The predicted molar refractivity (Wildman–Crippen MR) is 36.4 cm³/mol. The van der Waals surface area contributed by atoms with Gasteiger partial charge in [-0.15, -0.1) is 0 Å². The van der Waals surface area contributed by atoms with Crippen LogP contribution in [0.1, 0.15) is 26.2 Å². The van der Waals surface area contributed by atoms with Crippen molar-refractivity contribution in [3.63, 3.8) is 0 Å². The van der Waals surface area contributed by atoms with Gasteiger partial charge in [-0.1, -0.05) is 6.92 Å². The van der Waals surface area contributed by atoms with Crippen LogP contribution in [0.3, 0.4) is 0 Å². The molecule has 0 aromatic carbocycles. The number of allylic oxidation sites excluding steroid dienone is 2. The maximum Gasteiger partial charge on any atom is 0.122 e. The summed E-state index contributed by atoms with van der Waals surface area (Å²) in [6.45, 7) is 2.14. The topological polar surface area (TPSA) is 35.2 Å². The predicted octanol–water partition coefficient (Wildman–Crippen LogP) is 1.58. The van der Waals surface area contributed by atoms with E-state index in [9.17, 15) is 0 Å². The molecule has 52 valence electrons. The molecule has 0 amide bonds. The molecule has 9 heavy (non-hydrogen) atoms. The second-order valence-electron chi connectivity index (χ2n) is 2.56. The first-order valence-corrected chi connectivity index (χ1v) is 3.41. The van der Waals surface area contributed by atoms with Gasteiger partial charge >= 0.3 is 0 Å². The van der Waals surface area contributed by atoms with Gasteiger partial charge in [-0.05, 0) is 25.3 Å². The minimum atomic E-state index is 0.531. The van der Waals surface area contributed by atoms with Gasteiger partial charge < -0.3 is 4.84 Å². The molecule has 0 saturated carbocycles. The molecule has 2 heteroatoms. The molecule has 1 rings (SSSR count). The Kier molecular flexibility index (Phi) is 2.11. The van der Waals surface area contributed by atoms with Gasteiger partial charge in [0.15, 0.2) is 0 Å². The van der Waals surface area contributed by atoms with Gasteiger partial charge in [-0.3, -0.25) is 0 Å².